The molecule has 1 aliphatic rings. The first-order valence-corrected chi connectivity index (χ1v) is 11.4. The predicted octanol–water partition coefficient (Wildman–Crippen LogP) is 4.06. The monoisotopic (exact) mass is 433 g/mol. The fraction of sp³-hybridized carbons (Fsp3) is 0.440. The van der Waals surface area contributed by atoms with E-state index in [-0.39, 0.29) is 23.8 Å². The topological polar surface area (TPSA) is 80.1 Å². The lowest BCUT2D eigenvalue weighted by molar-refractivity contribution is -0.133. The first-order valence-electron chi connectivity index (χ1n) is 11.4. The highest BCUT2D eigenvalue weighted by atomic mass is 16.2. The number of nitrogens with zero attached hydrogens (tertiary/aromatic N) is 4. The van der Waals surface area contributed by atoms with Gasteiger partial charge >= 0.3 is 0 Å². The summed E-state index contributed by atoms with van der Waals surface area (Å²) in [6.45, 7) is 9.52. The summed E-state index contributed by atoms with van der Waals surface area (Å²) in [5, 5.41) is 8.19. The Morgan fingerprint density at radius 3 is 2.34 bits per heavy atom. The SMILES string of the molecule is CC(C)[C@H](NC(=O)c1cc(-c2ccccc2)nc2c1cnn2C(C)C)C(=O)N1CCCC1. The Balaban J connectivity index is 1.74. The van der Waals surface area contributed by atoms with Crippen molar-refractivity contribution in [3.05, 3.63) is 48.2 Å². The van der Waals surface area contributed by atoms with Crippen LogP contribution < -0.4 is 5.32 Å². The van der Waals surface area contributed by atoms with E-state index in [0.717, 1.165) is 31.5 Å². The fourth-order valence-electron chi connectivity index (χ4n) is 4.21. The van der Waals surface area contributed by atoms with Crippen molar-refractivity contribution < 1.29 is 9.59 Å². The van der Waals surface area contributed by atoms with E-state index in [0.29, 0.717) is 22.3 Å². The maximum absolute atomic E-state index is 13.5. The van der Waals surface area contributed by atoms with Crippen molar-refractivity contribution in [3.63, 3.8) is 0 Å². The maximum Gasteiger partial charge on any atom is 0.252 e. The van der Waals surface area contributed by atoms with Gasteiger partial charge in [-0.2, -0.15) is 5.10 Å². The number of nitrogens with one attached hydrogen (secondary N) is 1. The Morgan fingerprint density at radius 1 is 1.03 bits per heavy atom. The van der Waals surface area contributed by atoms with Crippen LogP contribution in [-0.4, -0.2) is 50.6 Å². The summed E-state index contributed by atoms with van der Waals surface area (Å²) in [7, 11) is 0. The smallest absolute Gasteiger partial charge is 0.252 e. The highest BCUT2D eigenvalue weighted by molar-refractivity contribution is 6.07. The molecule has 0 spiro atoms. The number of benzene rings is 1. The Hall–Kier alpha value is -3.22. The summed E-state index contributed by atoms with van der Waals surface area (Å²) in [6.07, 6.45) is 3.73. The molecule has 4 rings (SSSR count). The summed E-state index contributed by atoms with van der Waals surface area (Å²) < 4.78 is 1.83. The highest BCUT2D eigenvalue weighted by Gasteiger charge is 2.31. The molecule has 1 atom stereocenters. The van der Waals surface area contributed by atoms with Gasteiger partial charge in [-0.1, -0.05) is 44.2 Å². The van der Waals surface area contributed by atoms with Crippen LogP contribution in [0.2, 0.25) is 0 Å². The quantitative estimate of drug-likeness (QED) is 0.636. The largest absolute Gasteiger partial charge is 0.341 e. The first-order chi connectivity index (χ1) is 15.4. The highest BCUT2D eigenvalue weighted by Crippen LogP contribution is 2.26. The van der Waals surface area contributed by atoms with Crippen LogP contribution in [0.25, 0.3) is 22.3 Å². The molecular weight excluding hydrogens is 402 g/mol. The molecule has 0 aliphatic carbocycles. The van der Waals surface area contributed by atoms with Gasteiger partial charge in [0.2, 0.25) is 5.91 Å². The second-order valence-corrected chi connectivity index (χ2v) is 9.07. The Kier molecular flexibility index (Phi) is 6.26. The normalized spacial score (nSPS) is 15.0. The molecule has 2 amide bonds. The van der Waals surface area contributed by atoms with Crippen LogP contribution in [0.15, 0.2) is 42.6 Å². The zero-order valence-corrected chi connectivity index (χ0v) is 19.2. The number of pyridine rings is 1. The van der Waals surface area contributed by atoms with Crippen LogP contribution in [0, 0.1) is 5.92 Å². The van der Waals surface area contributed by atoms with Crippen LogP contribution in [0.4, 0.5) is 0 Å². The third-order valence-electron chi connectivity index (χ3n) is 6.01. The van der Waals surface area contributed by atoms with Crippen molar-refractivity contribution in [2.75, 3.05) is 13.1 Å². The average Bonchev–Trinajstić information content (AvgIpc) is 3.46. The lowest BCUT2D eigenvalue weighted by atomic mass is 10.0. The lowest BCUT2D eigenvalue weighted by Gasteiger charge is -2.26. The first kappa shape index (κ1) is 22.0. The van der Waals surface area contributed by atoms with E-state index in [1.807, 2.05) is 67.6 Å². The molecule has 7 heteroatoms. The molecule has 0 radical (unpaired) electrons. The van der Waals surface area contributed by atoms with E-state index in [2.05, 4.69) is 10.4 Å². The Bertz CT molecular complexity index is 1110. The van der Waals surface area contributed by atoms with Crippen LogP contribution in [0.5, 0.6) is 0 Å². The third kappa shape index (κ3) is 4.24. The number of carbonyl (C=O) groups excluding carboxylic acids is 2. The van der Waals surface area contributed by atoms with E-state index in [1.165, 1.54) is 0 Å². The number of amides is 2. The van der Waals surface area contributed by atoms with Gasteiger partial charge in [-0.3, -0.25) is 9.59 Å². The van der Waals surface area contributed by atoms with E-state index in [9.17, 15) is 9.59 Å². The molecule has 1 aliphatic heterocycles. The van der Waals surface area contributed by atoms with Crippen molar-refractivity contribution in [1.82, 2.24) is 25.0 Å². The molecule has 2 aromatic heterocycles. The maximum atomic E-state index is 13.5. The minimum absolute atomic E-state index is 0.00249. The fourth-order valence-corrected chi connectivity index (χ4v) is 4.21. The second kappa shape index (κ2) is 9.10. The van der Waals surface area contributed by atoms with Crippen molar-refractivity contribution in [2.45, 2.75) is 52.6 Å². The molecular formula is C25H31N5O2. The van der Waals surface area contributed by atoms with Gasteiger partial charge in [-0.05, 0) is 38.7 Å². The van der Waals surface area contributed by atoms with Gasteiger partial charge in [0.15, 0.2) is 5.65 Å². The number of likely N-dealkylation sites (tertiary alicyclic amines) is 1. The van der Waals surface area contributed by atoms with Crippen molar-refractivity contribution in [1.29, 1.82) is 0 Å². The Morgan fingerprint density at radius 2 is 1.72 bits per heavy atom. The average molecular weight is 434 g/mol. The second-order valence-electron chi connectivity index (χ2n) is 9.07. The van der Waals surface area contributed by atoms with Crippen LogP contribution in [-0.2, 0) is 4.79 Å². The molecule has 0 unspecified atom stereocenters. The molecule has 1 aromatic carbocycles. The lowest BCUT2D eigenvalue weighted by Crippen LogP contribution is -2.50. The van der Waals surface area contributed by atoms with Gasteiger partial charge in [0.05, 0.1) is 22.8 Å². The number of hydrogen-bond acceptors (Lipinski definition) is 4. The van der Waals surface area contributed by atoms with Crippen LogP contribution in [0.1, 0.15) is 56.9 Å². The minimum atomic E-state index is -0.566. The molecule has 3 aromatic rings. The molecule has 32 heavy (non-hydrogen) atoms. The molecule has 1 N–H and O–H groups in total. The molecule has 168 valence electrons. The number of carbonyl (C=O) groups is 2. The van der Waals surface area contributed by atoms with Crippen molar-refractivity contribution in [2.24, 2.45) is 5.92 Å². The van der Waals surface area contributed by atoms with E-state index < -0.39 is 6.04 Å². The Labute approximate surface area is 188 Å². The molecule has 7 nitrogen and oxygen atoms in total. The number of rotatable bonds is 6. The van der Waals surface area contributed by atoms with Gasteiger partial charge in [0, 0.05) is 24.7 Å². The van der Waals surface area contributed by atoms with Gasteiger partial charge in [-0.25, -0.2) is 9.67 Å². The van der Waals surface area contributed by atoms with Gasteiger partial charge in [-0.15, -0.1) is 0 Å². The molecule has 1 saturated heterocycles. The zero-order valence-electron chi connectivity index (χ0n) is 19.2. The van der Waals surface area contributed by atoms with Gasteiger partial charge in [0.25, 0.3) is 5.91 Å². The molecule has 0 bridgehead atoms. The number of hydrogen-bond donors (Lipinski definition) is 1. The third-order valence-corrected chi connectivity index (χ3v) is 6.01. The summed E-state index contributed by atoms with van der Waals surface area (Å²) in [5.41, 5.74) is 2.78. The summed E-state index contributed by atoms with van der Waals surface area (Å²) in [5.74, 6) is -0.294. The number of fused-ring (bicyclic) bond motifs is 1. The summed E-state index contributed by atoms with van der Waals surface area (Å²) >= 11 is 0. The predicted molar refractivity (Wildman–Crippen MR) is 125 cm³/mol. The summed E-state index contributed by atoms with van der Waals surface area (Å²) in [6, 6.07) is 11.1. The van der Waals surface area contributed by atoms with Crippen LogP contribution in [0.3, 0.4) is 0 Å². The molecule has 1 fully saturated rings. The van der Waals surface area contributed by atoms with Crippen LogP contribution >= 0.6 is 0 Å². The molecule has 0 saturated carbocycles. The minimum Gasteiger partial charge on any atom is -0.341 e. The van der Waals surface area contributed by atoms with Crippen molar-refractivity contribution in [3.8, 4) is 11.3 Å². The number of aromatic nitrogens is 3. The molecule has 3 heterocycles. The van der Waals surface area contributed by atoms with E-state index >= 15 is 0 Å². The van der Waals surface area contributed by atoms with Gasteiger partial charge < -0.3 is 10.2 Å². The zero-order chi connectivity index (χ0) is 22.8. The standard InChI is InChI=1S/C25H31N5O2/c1-16(2)22(25(32)29-12-8-9-13-29)28-24(31)19-14-21(18-10-6-5-7-11-18)27-23-20(19)15-26-30(23)17(3)4/h5-7,10-11,14-17,22H,8-9,12-13H2,1-4H3,(H,28,31)/t22-/m0/s1. The van der Waals surface area contributed by atoms with Gasteiger partial charge in [0.1, 0.15) is 6.04 Å². The van der Waals surface area contributed by atoms with Crippen molar-refractivity contribution >= 4 is 22.8 Å². The van der Waals surface area contributed by atoms with E-state index in [1.54, 1.807) is 12.3 Å². The summed E-state index contributed by atoms with van der Waals surface area (Å²) in [4.78, 5) is 33.3. The van der Waals surface area contributed by atoms with E-state index in [4.69, 9.17) is 4.98 Å².